The highest BCUT2D eigenvalue weighted by Crippen LogP contribution is 2.23. The number of hydrogen-bond acceptors (Lipinski definition) is 7. The number of imidazole rings is 1. The number of rotatable bonds is 4. The van der Waals surface area contributed by atoms with E-state index in [1.807, 2.05) is 19.9 Å². The zero-order valence-electron chi connectivity index (χ0n) is 20.6. The molecule has 0 aliphatic carbocycles. The van der Waals surface area contributed by atoms with E-state index < -0.39 is 20.2 Å². The maximum Gasteiger partial charge on any atom is 0.294 e. The maximum absolute atomic E-state index is 10.5. The third-order valence-electron chi connectivity index (χ3n) is 5.44. The fourth-order valence-electron chi connectivity index (χ4n) is 3.52. The summed E-state index contributed by atoms with van der Waals surface area (Å²) in [7, 11) is -8.04. The van der Waals surface area contributed by atoms with Crippen LogP contribution >= 0.6 is 0 Å². The van der Waals surface area contributed by atoms with Gasteiger partial charge in [0.15, 0.2) is 5.82 Å². The molecule has 4 aromatic rings. The Kier molecular flexibility index (Phi) is 8.99. The minimum atomic E-state index is -4.02. The lowest BCUT2D eigenvalue weighted by Crippen LogP contribution is -2.08. The van der Waals surface area contributed by atoms with E-state index in [1.54, 1.807) is 30.5 Å². The van der Waals surface area contributed by atoms with Crippen molar-refractivity contribution in [2.45, 2.75) is 50.2 Å². The zero-order chi connectivity index (χ0) is 27.2. The van der Waals surface area contributed by atoms with Gasteiger partial charge in [0.25, 0.3) is 20.2 Å². The average molecular weight is 548 g/mol. The summed E-state index contributed by atoms with van der Waals surface area (Å²) in [6.45, 7) is 8.56. The van der Waals surface area contributed by atoms with Crippen LogP contribution in [0.1, 0.15) is 29.4 Å². The van der Waals surface area contributed by atoms with Crippen LogP contribution in [-0.2, 0) is 39.9 Å². The Hall–Kier alpha value is -3.36. The van der Waals surface area contributed by atoms with Crippen LogP contribution in [0.15, 0.2) is 70.6 Å². The molecule has 0 saturated carbocycles. The number of nitrogens with zero attached hydrogens (tertiary/aromatic N) is 3. The Morgan fingerprint density at radius 1 is 0.838 bits per heavy atom. The second-order valence-electron chi connectivity index (χ2n) is 8.22. The van der Waals surface area contributed by atoms with Gasteiger partial charge in [-0.25, -0.2) is 4.98 Å². The van der Waals surface area contributed by atoms with Crippen LogP contribution in [0.2, 0.25) is 0 Å². The molecule has 37 heavy (non-hydrogen) atoms. The molecule has 13 heteroatoms. The van der Waals surface area contributed by atoms with Gasteiger partial charge >= 0.3 is 0 Å². The van der Waals surface area contributed by atoms with Gasteiger partial charge in [-0.1, -0.05) is 35.4 Å². The number of aromatic amines is 1. The molecule has 4 N–H and O–H groups in total. The maximum atomic E-state index is 10.5. The largest absolute Gasteiger partial charge is 0.326 e. The van der Waals surface area contributed by atoms with E-state index in [0.717, 1.165) is 42.3 Å². The molecule has 3 heterocycles. The summed E-state index contributed by atoms with van der Waals surface area (Å²) < 4.78 is 61.3. The van der Waals surface area contributed by atoms with Crippen molar-refractivity contribution in [3.63, 3.8) is 0 Å². The fraction of sp³-hybridized carbons (Fsp3) is 0.250. The van der Waals surface area contributed by atoms with Gasteiger partial charge in [0.2, 0.25) is 0 Å². The fourth-order valence-corrected chi connectivity index (χ4v) is 4.48. The highest BCUT2D eigenvalue weighted by molar-refractivity contribution is 7.86. The minimum Gasteiger partial charge on any atom is -0.326 e. The van der Waals surface area contributed by atoms with Crippen LogP contribution < -0.4 is 5.32 Å². The molecule has 0 atom stereocenters. The molecule has 2 aromatic heterocycles. The Morgan fingerprint density at radius 2 is 1.35 bits per heavy atom. The minimum absolute atomic E-state index is 0.0666. The highest BCUT2D eigenvalue weighted by atomic mass is 32.2. The summed E-state index contributed by atoms with van der Waals surface area (Å²) in [5.41, 5.74) is 5.38. The van der Waals surface area contributed by atoms with Gasteiger partial charge < -0.3 is 9.88 Å². The van der Waals surface area contributed by atoms with E-state index in [2.05, 4.69) is 32.0 Å². The summed E-state index contributed by atoms with van der Waals surface area (Å²) >= 11 is 0. The smallest absolute Gasteiger partial charge is 0.294 e. The molecule has 0 bridgehead atoms. The van der Waals surface area contributed by atoms with Crippen LogP contribution in [-0.4, -0.2) is 45.7 Å². The first-order valence-corrected chi connectivity index (χ1v) is 14.1. The first kappa shape index (κ1) is 28.2. The first-order chi connectivity index (χ1) is 17.4. The van der Waals surface area contributed by atoms with Crippen molar-refractivity contribution in [3.8, 4) is 11.5 Å². The molecule has 1 aliphatic rings. The number of aryl methyl sites for hydroxylation is 2. The van der Waals surface area contributed by atoms with E-state index in [0.29, 0.717) is 0 Å². The molecule has 0 spiro atoms. The van der Waals surface area contributed by atoms with Crippen molar-refractivity contribution in [2.24, 2.45) is 0 Å². The summed E-state index contributed by atoms with van der Waals surface area (Å²) in [5.74, 6) is 1.00. The van der Waals surface area contributed by atoms with E-state index in [9.17, 15) is 16.8 Å². The third kappa shape index (κ3) is 7.57. The molecule has 0 amide bonds. The summed E-state index contributed by atoms with van der Waals surface area (Å²) in [5, 5.41) is 10.2. The van der Waals surface area contributed by atoms with Crippen molar-refractivity contribution >= 4 is 20.2 Å². The lowest BCUT2D eigenvalue weighted by Gasteiger charge is -2.06. The molecular weight excluding hydrogens is 518 g/mol. The van der Waals surface area contributed by atoms with Crippen LogP contribution in [0.25, 0.3) is 11.5 Å². The number of aromatic nitrogens is 4. The number of fused-ring (bicyclic) bond motifs is 1. The summed E-state index contributed by atoms with van der Waals surface area (Å²) in [4.78, 5) is 4.50. The molecule has 0 fully saturated rings. The molecular formula is C24H29N5O6S2. The van der Waals surface area contributed by atoms with Gasteiger partial charge in [0.1, 0.15) is 5.69 Å². The average Bonchev–Trinajstić information content (AvgIpc) is 3.57. The predicted octanol–water partition coefficient (Wildman–Crippen LogP) is 3.38. The first-order valence-electron chi connectivity index (χ1n) is 11.3. The Bertz CT molecular complexity index is 1450. The van der Waals surface area contributed by atoms with Gasteiger partial charge in [-0.2, -0.15) is 21.9 Å². The quantitative estimate of drug-likeness (QED) is 0.280. The van der Waals surface area contributed by atoms with Crippen LogP contribution in [0.4, 0.5) is 0 Å². The topological polar surface area (TPSA) is 167 Å². The Balaban J connectivity index is 0.000000158. The van der Waals surface area contributed by atoms with Crippen molar-refractivity contribution in [1.82, 2.24) is 25.1 Å². The lowest BCUT2D eigenvalue weighted by molar-refractivity contribution is 0.481. The SMILES string of the molecule is CCn1c(-c2ccn[nH]2)nc2c1CNC2.Cc1ccc(S(=O)(=O)O)cc1.Cc1ccc(S(=O)(=O)O)cc1. The van der Waals surface area contributed by atoms with Crippen LogP contribution in [0.3, 0.4) is 0 Å². The van der Waals surface area contributed by atoms with E-state index >= 15 is 0 Å². The number of H-pyrrole nitrogens is 1. The molecule has 1 aliphatic heterocycles. The third-order valence-corrected chi connectivity index (χ3v) is 7.17. The monoisotopic (exact) mass is 547 g/mol. The van der Waals surface area contributed by atoms with Gasteiger partial charge in [-0.05, 0) is 51.1 Å². The standard InChI is InChI=1S/C10H13N5.2C7H8O3S/c1-2-15-9-6-11-5-8(9)13-10(15)7-3-4-12-14-7;2*1-6-2-4-7(5-3-6)11(8,9)10/h3-4,11H,2,5-6H2,1H3,(H,12,14);2*2-5H,1H3,(H,8,9,10). The van der Waals surface area contributed by atoms with Gasteiger partial charge in [-0.3, -0.25) is 14.2 Å². The molecule has 0 radical (unpaired) electrons. The normalized spacial score (nSPS) is 12.7. The molecule has 0 unspecified atom stereocenters. The number of nitrogens with one attached hydrogen (secondary N) is 2. The highest BCUT2D eigenvalue weighted by Gasteiger charge is 2.21. The predicted molar refractivity (Wildman–Crippen MR) is 138 cm³/mol. The summed E-state index contributed by atoms with van der Waals surface area (Å²) in [6, 6.07) is 13.9. The van der Waals surface area contributed by atoms with Crippen LogP contribution in [0, 0.1) is 13.8 Å². The van der Waals surface area contributed by atoms with Crippen molar-refractivity contribution in [3.05, 3.63) is 83.3 Å². The molecule has 11 nitrogen and oxygen atoms in total. The van der Waals surface area contributed by atoms with E-state index in [4.69, 9.17) is 9.11 Å². The summed E-state index contributed by atoms with van der Waals surface area (Å²) in [6.07, 6.45) is 1.76. The molecule has 5 rings (SSSR count). The van der Waals surface area contributed by atoms with Crippen molar-refractivity contribution in [2.75, 3.05) is 0 Å². The number of hydrogen-bond donors (Lipinski definition) is 4. The van der Waals surface area contributed by atoms with Gasteiger partial charge in [0, 0.05) is 25.8 Å². The molecule has 198 valence electrons. The molecule has 0 saturated heterocycles. The van der Waals surface area contributed by atoms with Gasteiger partial charge in [-0.15, -0.1) is 0 Å². The Labute approximate surface area is 216 Å². The van der Waals surface area contributed by atoms with Gasteiger partial charge in [0.05, 0.1) is 21.2 Å². The van der Waals surface area contributed by atoms with Crippen molar-refractivity contribution < 1.29 is 25.9 Å². The lowest BCUT2D eigenvalue weighted by atomic mass is 10.2. The van der Waals surface area contributed by atoms with Crippen LogP contribution in [0.5, 0.6) is 0 Å². The van der Waals surface area contributed by atoms with Crippen molar-refractivity contribution in [1.29, 1.82) is 0 Å². The van der Waals surface area contributed by atoms with E-state index in [-0.39, 0.29) is 9.79 Å². The second-order valence-corrected chi connectivity index (χ2v) is 11.1. The molecule has 2 aromatic carbocycles. The van der Waals surface area contributed by atoms with E-state index in [1.165, 1.54) is 35.7 Å². The zero-order valence-corrected chi connectivity index (χ0v) is 22.2. The number of benzene rings is 2. The second kappa shape index (κ2) is 11.8. The Morgan fingerprint density at radius 3 is 1.76 bits per heavy atom.